The summed E-state index contributed by atoms with van der Waals surface area (Å²) in [6.45, 7) is 10.3. The molecule has 0 aliphatic carbocycles. The van der Waals surface area contributed by atoms with Crippen molar-refractivity contribution in [3.8, 4) is 0 Å². The van der Waals surface area contributed by atoms with Gasteiger partial charge in [-0.2, -0.15) is 0 Å². The molecule has 0 amide bonds. The lowest BCUT2D eigenvalue weighted by Gasteiger charge is -2.22. The Hall–Kier alpha value is -1.31. The summed E-state index contributed by atoms with van der Waals surface area (Å²) in [6, 6.07) is 7.82. The Morgan fingerprint density at radius 1 is 0.850 bits per heavy atom. The number of rotatable bonds is 2. The largest absolute Gasteiger partial charge is 0.384 e. The van der Waals surface area contributed by atoms with Gasteiger partial charge in [-0.15, -0.1) is 0 Å². The smallest absolute Gasteiger partial charge is 0.105 e. The van der Waals surface area contributed by atoms with Crippen molar-refractivity contribution in [2.75, 3.05) is 0 Å². The van der Waals surface area contributed by atoms with E-state index in [0.29, 0.717) is 5.02 Å². The first kappa shape index (κ1) is 15.1. The van der Waals surface area contributed by atoms with Crippen LogP contribution in [-0.4, -0.2) is 5.11 Å². The van der Waals surface area contributed by atoms with Crippen molar-refractivity contribution in [2.24, 2.45) is 0 Å². The van der Waals surface area contributed by atoms with Crippen LogP contribution in [0.3, 0.4) is 0 Å². The third-order valence-corrected chi connectivity index (χ3v) is 4.46. The number of aliphatic hydroxyl groups is 1. The second-order valence-corrected chi connectivity index (χ2v) is 6.01. The van der Waals surface area contributed by atoms with Crippen LogP contribution in [0, 0.1) is 34.6 Å². The van der Waals surface area contributed by atoms with E-state index in [2.05, 4.69) is 33.8 Å². The maximum absolute atomic E-state index is 10.8. The number of benzene rings is 2. The fourth-order valence-electron chi connectivity index (χ4n) is 2.76. The molecule has 2 aromatic carbocycles. The monoisotopic (exact) mass is 288 g/mol. The van der Waals surface area contributed by atoms with Crippen LogP contribution in [0.5, 0.6) is 0 Å². The van der Waals surface area contributed by atoms with Crippen LogP contribution in [0.1, 0.15) is 45.0 Å². The van der Waals surface area contributed by atoms with Crippen LogP contribution in [-0.2, 0) is 0 Å². The van der Waals surface area contributed by atoms with Gasteiger partial charge in [0.25, 0.3) is 0 Å². The summed E-state index contributed by atoms with van der Waals surface area (Å²) in [7, 11) is 0. The molecule has 0 spiro atoms. The first-order valence-electron chi connectivity index (χ1n) is 6.84. The molecule has 106 valence electrons. The Bertz CT molecular complexity index is 633. The predicted molar refractivity (Wildman–Crippen MR) is 85.6 cm³/mol. The summed E-state index contributed by atoms with van der Waals surface area (Å²) < 4.78 is 0. The lowest BCUT2D eigenvalue weighted by Crippen LogP contribution is -2.08. The third kappa shape index (κ3) is 2.61. The van der Waals surface area contributed by atoms with E-state index in [1.807, 2.05) is 25.1 Å². The Morgan fingerprint density at radius 3 is 1.90 bits per heavy atom. The molecular weight excluding hydrogens is 268 g/mol. The lowest BCUT2D eigenvalue weighted by molar-refractivity contribution is 0.218. The predicted octanol–water partition coefficient (Wildman–Crippen LogP) is 4.96. The quantitative estimate of drug-likeness (QED) is 0.828. The highest BCUT2D eigenvalue weighted by molar-refractivity contribution is 6.30. The van der Waals surface area contributed by atoms with Crippen LogP contribution in [0.4, 0.5) is 0 Å². The van der Waals surface area contributed by atoms with Gasteiger partial charge in [-0.05, 0) is 85.7 Å². The van der Waals surface area contributed by atoms with Gasteiger partial charge in [-0.3, -0.25) is 0 Å². The molecule has 20 heavy (non-hydrogen) atoms. The van der Waals surface area contributed by atoms with Crippen LogP contribution in [0.15, 0.2) is 24.3 Å². The topological polar surface area (TPSA) is 20.2 Å². The molecule has 2 rings (SSSR count). The number of hydrogen-bond acceptors (Lipinski definition) is 1. The average Bonchev–Trinajstić information content (AvgIpc) is 2.36. The Balaban J connectivity index is 2.62. The van der Waals surface area contributed by atoms with Crippen LogP contribution >= 0.6 is 11.6 Å². The van der Waals surface area contributed by atoms with Crippen molar-refractivity contribution in [1.29, 1.82) is 0 Å². The van der Waals surface area contributed by atoms with Gasteiger partial charge in [-0.25, -0.2) is 0 Å². The van der Waals surface area contributed by atoms with E-state index in [0.717, 1.165) is 27.8 Å². The number of halogens is 1. The second-order valence-electron chi connectivity index (χ2n) is 5.58. The Kier molecular flexibility index (Phi) is 4.22. The molecular formula is C18H21ClO. The summed E-state index contributed by atoms with van der Waals surface area (Å²) in [5.41, 5.74) is 7.72. The minimum absolute atomic E-state index is 0.606. The van der Waals surface area contributed by atoms with Crippen molar-refractivity contribution < 1.29 is 5.11 Å². The van der Waals surface area contributed by atoms with Gasteiger partial charge in [0, 0.05) is 5.02 Å². The second kappa shape index (κ2) is 5.59. The van der Waals surface area contributed by atoms with Gasteiger partial charge in [0.05, 0.1) is 0 Å². The number of aryl methyl sites for hydroxylation is 3. The van der Waals surface area contributed by atoms with Gasteiger partial charge < -0.3 is 5.11 Å². The minimum atomic E-state index is -0.606. The Morgan fingerprint density at radius 2 is 1.40 bits per heavy atom. The molecule has 1 unspecified atom stereocenters. The first-order valence-corrected chi connectivity index (χ1v) is 7.22. The highest BCUT2D eigenvalue weighted by atomic mass is 35.5. The van der Waals surface area contributed by atoms with Gasteiger partial charge in [0.1, 0.15) is 6.10 Å². The normalized spacial score (nSPS) is 12.6. The molecule has 0 fully saturated rings. The van der Waals surface area contributed by atoms with Crippen LogP contribution in [0.2, 0.25) is 5.02 Å². The highest BCUT2D eigenvalue weighted by Crippen LogP contribution is 2.33. The first-order chi connectivity index (χ1) is 9.32. The van der Waals surface area contributed by atoms with E-state index in [1.165, 1.54) is 11.1 Å². The Labute approximate surface area is 126 Å². The summed E-state index contributed by atoms with van der Waals surface area (Å²) in [5.74, 6) is 0. The molecule has 2 heteroatoms. The fraction of sp³-hybridized carbons (Fsp3) is 0.333. The highest BCUT2D eigenvalue weighted by Gasteiger charge is 2.19. The molecule has 0 aliphatic heterocycles. The van der Waals surface area contributed by atoms with Crippen molar-refractivity contribution in [1.82, 2.24) is 0 Å². The van der Waals surface area contributed by atoms with Gasteiger partial charge >= 0.3 is 0 Å². The van der Waals surface area contributed by atoms with Crippen molar-refractivity contribution in [2.45, 2.75) is 40.7 Å². The molecule has 0 radical (unpaired) electrons. The molecule has 2 aromatic rings. The van der Waals surface area contributed by atoms with E-state index in [4.69, 9.17) is 11.6 Å². The molecule has 0 saturated heterocycles. The van der Waals surface area contributed by atoms with Crippen molar-refractivity contribution >= 4 is 11.6 Å². The maximum atomic E-state index is 10.8. The van der Waals surface area contributed by atoms with Gasteiger partial charge in [0.2, 0.25) is 0 Å². The summed E-state index contributed by atoms with van der Waals surface area (Å²) in [5, 5.41) is 11.5. The van der Waals surface area contributed by atoms with E-state index in [-0.39, 0.29) is 0 Å². The lowest BCUT2D eigenvalue weighted by atomic mass is 9.87. The summed E-state index contributed by atoms with van der Waals surface area (Å²) in [6.07, 6.45) is -0.606. The number of hydrogen-bond donors (Lipinski definition) is 1. The van der Waals surface area contributed by atoms with Crippen LogP contribution in [0.25, 0.3) is 0 Å². The summed E-state index contributed by atoms with van der Waals surface area (Å²) >= 11 is 6.00. The summed E-state index contributed by atoms with van der Waals surface area (Å²) in [4.78, 5) is 0. The standard InChI is InChI=1S/C18H21ClO/c1-10-8-11(2)14(5)17(13(10)4)18(20)16-7-6-15(19)9-12(16)3/h6-9,18,20H,1-5H3. The van der Waals surface area contributed by atoms with Gasteiger partial charge in [0.15, 0.2) is 0 Å². The van der Waals surface area contributed by atoms with E-state index >= 15 is 0 Å². The molecule has 0 bridgehead atoms. The molecule has 1 N–H and O–H groups in total. The number of aliphatic hydroxyl groups excluding tert-OH is 1. The zero-order chi connectivity index (χ0) is 15.0. The maximum Gasteiger partial charge on any atom is 0.105 e. The van der Waals surface area contributed by atoms with E-state index in [1.54, 1.807) is 0 Å². The fourth-order valence-corrected chi connectivity index (χ4v) is 2.99. The molecule has 0 aliphatic rings. The minimum Gasteiger partial charge on any atom is -0.384 e. The molecule has 0 aromatic heterocycles. The molecule has 0 heterocycles. The van der Waals surface area contributed by atoms with E-state index in [9.17, 15) is 5.11 Å². The average molecular weight is 289 g/mol. The van der Waals surface area contributed by atoms with Crippen LogP contribution < -0.4 is 0 Å². The molecule has 1 nitrogen and oxygen atoms in total. The van der Waals surface area contributed by atoms with Crippen molar-refractivity contribution in [3.63, 3.8) is 0 Å². The van der Waals surface area contributed by atoms with Crippen molar-refractivity contribution in [3.05, 3.63) is 68.2 Å². The zero-order valence-corrected chi connectivity index (χ0v) is 13.5. The molecule has 1 atom stereocenters. The third-order valence-electron chi connectivity index (χ3n) is 4.22. The van der Waals surface area contributed by atoms with Gasteiger partial charge in [-0.1, -0.05) is 23.7 Å². The molecule has 0 saturated carbocycles. The zero-order valence-electron chi connectivity index (χ0n) is 12.7. The SMILES string of the molecule is Cc1cc(Cl)ccc1C(O)c1c(C)c(C)cc(C)c1C. The van der Waals surface area contributed by atoms with E-state index < -0.39 is 6.10 Å².